The lowest BCUT2D eigenvalue weighted by Gasteiger charge is -2.40. The Bertz CT molecular complexity index is 640. The first-order valence-electron chi connectivity index (χ1n) is 11.1. The van der Waals surface area contributed by atoms with E-state index in [1.54, 1.807) is 18.6 Å². The van der Waals surface area contributed by atoms with Crippen molar-refractivity contribution >= 4 is 5.91 Å². The summed E-state index contributed by atoms with van der Waals surface area (Å²) in [5, 5.41) is 0. The maximum atomic E-state index is 12.6. The predicted molar refractivity (Wildman–Crippen MR) is 110 cm³/mol. The molecule has 0 N–H and O–H groups in total. The third kappa shape index (κ3) is 4.71. The van der Waals surface area contributed by atoms with E-state index in [9.17, 15) is 4.79 Å². The Labute approximate surface area is 169 Å². The van der Waals surface area contributed by atoms with Crippen LogP contribution in [-0.2, 0) is 0 Å². The zero-order chi connectivity index (χ0) is 19.5. The van der Waals surface area contributed by atoms with Gasteiger partial charge in [-0.25, -0.2) is 4.98 Å². The van der Waals surface area contributed by atoms with E-state index in [-0.39, 0.29) is 5.91 Å². The molecule has 3 heterocycles. The van der Waals surface area contributed by atoms with E-state index in [1.165, 1.54) is 45.4 Å². The van der Waals surface area contributed by atoms with E-state index in [2.05, 4.69) is 33.6 Å². The Balaban J connectivity index is 1.34. The largest absolute Gasteiger partial charge is 0.337 e. The molecule has 1 amide bonds. The molecule has 4 rings (SSSR count). The van der Waals surface area contributed by atoms with Crippen molar-refractivity contribution in [2.24, 2.45) is 11.8 Å². The summed E-state index contributed by atoms with van der Waals surface area (Å²) < 4.78 is 0. The van der Waals surface area contributed by atoms with Gasteiger partial charge in [0, 0.05) is 50.7 Å². The lowest BCUT2D eigenvalue weighted by atomic mass is 9.98. The summed E-state index contributed by atoms with van der Waals surface area (Å²) >= 11 is 0. The molecular weight excluding hydrogens is 350 g/mol. The summed E-state index contributed by atoms with van der Waals surface area (Å²) in [6.45, 7) is 11.4. The van der Waals surface area contributed by atoms with E-state index < -0.39 is 0 Å². The molecule has 1 atom stereocenters. The number of likely N-dealkylation sites (tertiary alicyclic amines) is 1. The van der Waals surface area contributed by atoms with Crippen LogP contribution in [0.25, 0.3) is 0 Å². The van der Waals surface area contributed by atoms with Crippen molar-refractivity contribution in [1.29, 1.82) is 0 Å². The lowest BCUT2D eigenvalue weighted by molar-refractivity contribution is 0.0570. The first-order valence-corrected chi connectivity index (χ1v) is 11.1. The highest BCUT2D eigenvalue weighted by Gasteiger charge is 2.35. The minimum absolute atomic E-state index is 0.0260. The molecule has 0 radical (unpaired) electrons. The topological polar surface area (TPSA) is 52.6 Å². The number of carbonyl (C=O) groups excluding carboxylic acids is 1. The van der Waals surface area contributed by atoms with Crippen LogP contribution in [0.5, 0.6) is 0 Å². The molecule has 2 saturated heterocycles. The van der Waals surface area contributed by atoms with Gasteiger partial charge in [0.25, 0.3) is 5.91 Å². The van der Waals surface area contributed by atoms with E-state index in [0.29, 0.717) is 23.7 Å². The van der Waals surface area contributed by atoms with Crippen molar-refractivity contribution in [2.45, 2.75) is 58.0 Å². The molecule has 6 heteroatoms. The summed E-state index contributed by atoms with van der Waals surface area (Å²) in [5.74, 6) is 1.68. The molecule has 1 saturated carbocycles. The maximum Gasteiger partial charge on any atom is 0.274 e. The number of nitrogens with zero attached hydrogens (tertiary/aromatic N) is 5. The van der Waals surface area contributed by atoms with Gasteiger partial charge in [-0.1, -0.05) is 13.8 Å². The standard InChI is InChI=1S/C22H35N5O/c1-17(2)21-16-26(10-3-11-27(21)15-18-4-5-18)19-6-12-25(13-7-19)22(28)20-14-23-8-9-24-20/h8-9,14,17-19,21H,3-7,10-13,15-16H2,1-2H3/t21-/m0/s1. The molecule has 1 aromatic heterocycles. The lowest BCUT2D eigenvalue weighted by Crippen LogP contribution is -2.51. The number of aromatic nitrogens is 2. The SMILES string of the molecule is CC(C)[C@@H]1CN(C2CCN(C(=O)c3cnccn3)CC2)CCCN1CC1CC1. The van der Waals surface area contributed by atoms with Crippen molar-refractivity contribution in [3.05, 3.63) is 24.3 Å². The van der Waals surface area contributed by atoms with Gasteiger partial charge >= 0.3 is 0 Å². The van der Waals surface area contributed by atoms with Gasteiger partial charge in [0.15, 0.2) is 0 Å². The molecular formula is C22H35N5O. The summed E-state index contributed by atoms with van der Waals surface area (Å²) in [6.07, 6.45) is 11.1. The molecule has 2 aliphatic heterocycles. The van der Waals surface area contributed by atoms with Gasteiger partial charge in [0.2, 0.25) is 0 Å². The quantitative estimate of drug-likeness (QED) is 0.780. The van der Waals surface area contributed by atoms with Crippen LogP contribution in [0.15, 0.2) is 18.6 Å². The smallest absolute Gasteiger partial charge is 0.274 e. The molecule has 0 aromatic carbocycles. The summed E-state index contributed by atoms with van der Waals surface area (Å²) in [5.41, 5.74) is 0.464. The highest BCUT2D eigenvalue weighted by atomic mass is 16.2. The van der Waals surface area contributed by atoms with Crippen LogP contribution in [0.2, 0.25) is 0 Å². The Morgan fingerprint density at radius 2 is 1.89 bits per heavy atom. The van der Waals surface area contributed by atoms with Gasteiger partial charge < -0.3 is 4.90 Å². The van der Waals surface area contributed by atoms with E-state index in [4.69, 9.17) is 0 Å². The molecule has 28 heavy (non-hydrogen) atoms. The van der Waals surface area contributed by atoms with Crippen molar-refractivity contribution in [2.75, 3.05) is 39.3 Å². The molecule has 3 fully saturated rings. The Morgan fingerprint density at radius 3 is 2.54 bits per heavy atom. The molecule has 0 bridgehead atoms. The normalized spacial score (nSPS) is 25.8. The average Bonchev–Trinajstić information content (AvgIpc) is 3.55. The van der Waals surface area contributed by atoms with Gasteiger partial charge in [0.1, 0.15) is 5.69 Å². The van der Waals surface area contributed by atoms with Gasteiger partial charge in [-0.15, -0.1) is 0 Å². The summed E-state index contributed by atoms with van der Waals surface area (Å²) in [4.78, 5) is 28.3. The van der Waals surface area contributed by atoms with Crippen LogP contribution in [0, 0.1) is 11.8 Å². The van der Waals surface area contributed by atoms with Gasteiger partial charge in [0.05, 0.1) is 6.20 Å². The molecule has 154 valence electrons. The number of rotatable bonds is 5. The van der Waals surface area contributed by atoms with Crippen LogP contribution in [0.4, 0.5) is 0 Å². The monoisotopic (exact) mass is 385 g/mol. The van der Waals surface area contributed by atoms with Gasteiger partial charge in [-0.05, 0) is 57.0 Å². The number of amides is 1. The average molecular weight is 386 g/mol. The van der Waals surface area contributed by atoms with Gasteiger partial charge in [-0.2, -0.15) is 0 Å². The molecule has 0 spiro atoms. The molecule has 1 aromatic rings. The second kappa shape index (κ2) is 8.87. The van der Waals surface area contributed by atoms with Crippen molar-refractivity contribution in [3.63, 3.8) is 0 Å². The maximum absolute atomic E-state index is 12.6. The van der Waals surface area contributed by atoms with Crippen LogP contribution in [0.1, 0.15) is 56.4 Å². The van der Waals surface area contributed by atoms with E-state index in [0.717, 1.165) is 31.8 Å². The van der Waals surface area contributed by atoms with E-state index in [1.807, 2.05) is 4.90 Å². The Morgan fingerprint density at radius 1 is 1.11 bits per heavy atom. The van der Waals surface area contributed by atoms with Crippen LogP contribution >= 0.6 is 0 Å². The minimum Gasteiger partial charge on any atom is -0.337 e. The van der Waals surface area contributed by atoms with Crippen molar-refractivity contribution in [3.8, 4) is 0 Å². The Kier molecular flexibility index (Phi) is 6.26. The van der Waals surface area contributed by atoms with Crippen molar-refractivity contribution < 1.29 is 4.79 Å². The van der Waals surface area contributed by atoms with Crippen molar-refractivity contribution in [1.82, 2.24) is 24.7 Å². The number of hydrogen-bond acceptors (Lipinski definition) is 5. The summed E-state index contributed by atoms with van der Waals surface area (Å²) in [6, 6.07) is 1.27. The number of piperidine rings is 1. The third-order valence-electron chi connectivity index (χ3n) is 6.79. The van der Waals surface area contributed by atoms with Gasteiger partial charge in [-0.3, -0.25) is 19.6 Å². The molecule has 0 unspecified atom stereocenters. The highest BCUT2D eigenvalue weighted by molar-refractivity contribution is 5.92. The number of carbonyl (C=O) groups is 1. The second-order valence-electron chi connectivity index (χ2n) is 9.21. The fourth-order valence-corrected chi connectivity index (χ4v) is 4.92. The second-order valence-corrected chi connectivity index (χ2v) is 9.21. The predicted octanol–water partition coefficient (Wildman–Crippen LogP) is 2.52. The first-order chi connectivity index (χ1) is 13.6. The van der Waals surface area contributed by atoms with Crippen LogP contribution in [0.3, 0.4) is 0 Å². The number of hydrogen-bond donors (Lipinski definition) is 0. The summed E-state index contributed by atoms with van der Waals surface area (Å²) in [7, 11) is 0. The minimum atomic E-state index is 0.0260. The van der Waals surface area contributed by atoms with Crippen LogP contribution in [-0.4, -0.2) is 81.9 Å². The molecule has 3 aliphatic rings. The first kappa shape index (κ1) is 19.8. The molecule has 6 nitrogen and oxygen atoms in total. The fraction of sp³-hybridized carbons (Fsp3) is 0.773. The van der Waals surface area contributed by atoms with E-state index >= 15 is 0 Å². The Hall–Kier alpha value is -1.53. The fourth-order valence-electron chi connectivity index (χ4n) is 4.92. The molecule has 1 aliphatic carbocycles. The van der Waals surface area contributed by atoms with Crippen LogP contribution < -0.4 is 0 Å². The highest BCUT2D eigenvalue weighted by Crippen LogP contribution is 2.32. The zero-order valence-electron chi connectivity index (χ0n) is 17.5. The third-order valence-corrected chi connectivity index (χ3v) is 6.79. The zero-order valence-corrected chi connectivity index (χ0v) is 17.5.